The van der Waals surface area contributed by atoms with Crippen LogP contribution in [0.25, 0.3) is 0 Å². The Morgan fingerprint density at radius 2 is 2.00 bits per heavy atom. The summed E-state index contributed by atoms with van der Waals surface area (Å²) < 4.78 is 38.1. The van der Waals surface area contributed by atoms with Crippen LogP contribution in [0.3, 0.4) is 0 Å². The monoisotopic (exact) mass is 254 g/mol. The summed E-state index contributed by atoms with van der Waals surface area (Å²) in [5.41, 5.74) is 1.09. The van der Waals surface area contributed by atoms with E-state index in [4.69, 9.17) is 0 Å². The average molecular weight is 254 g/mol. The Kier molecular flexibility index (Phi) is 3.32. The fraction of sp³-hybridized carbons (Fsp3) is 0.231. The summed E-state index contributed by atoms with van der Waals surface area (Å²) in [5, 5.41) is 2.97. The molecule has 0 aliphatic carbocycles. The molecule has 0 unspecified atom stereocenters. The third-order valence-electron chi connectivity index (χ3n) is 2.70. The molecule has 0 bridgehead atoms. The lowest BCUT2D eigenvalue weighted by Crippen LogP contribution is -2.08. The summed E-state index contributed by atoms with van der Waals surface area (Å²) in [5.74, 6) is 0. The second kappa shape index (κ2) is 4.76. The van der Waals surface area contributed by atoms with E-state index in [0.717, 1.165) is 11.6 Å². The molecule has 2 rings (SSSR count). The SMILES string of the molecule is Cc1ccc(NCc2cc[nH]c2)cc1C(F)(F)F. The molecule has 5 heteroatoms. The minimum Gasteiger partial charge on any atom is -0.381 e. The van der Waals surface area contributed by atoms with Gasteiger partial charge in [-0.3, -0.25) is 0 Å². The molecule has 0 aliphatic heterocycles. The van der Waals surface area contributed by atoms with E-state index in [1.165, 1.54) is 13.0 Å². The van der Waals surface area contributed by atoms with Gasteiger partial charge in [0.25, 0.3) is 0 Å². The van der Waals surface area contributed by atoms with Gasteiger partial charge in [-0.1, -0.05) is 6.07 Å². The van der Waals surface area contributed by atoms with Crippen molar-refractivity contribution in [2.75, 3.05) is 5.32 Å². The second-order valence-corrected chi connectivity index (χ2v) is 4.10. The Balaban J connectivity index is 2.15. The molecule has 0 spiro atoms. The largest absolute Gasteiger partial charge is 0.416 e. The van der Waals surface area contributed by atoms with Gasteiger partial charge in [0.1, 0.15) is 0 Å². The third-order valence-corrected chi connectivity index (χ3v) is 2.70. The Morgan fingerprint density at radius 1 is 1.22 bits per heavy atom. The third kappa shape index (κ3) is 2.85. The zero-order valence-corrected chi connectivity index (χ0v) is 9.81. The second-order valence-electron chi connectivity index (χ2n) is 4.10. The Morgan fingerprint density at radius 3 is 2.61 bits per heavy atom. The Labute approximate surface area is 103 Å². The molecule has 18 heavy (non-hydrogen) atoms. The van der Waals surface area contributed by atoms with Crippen molar-refractivity contribution in [2.45, 2.75) is 19.6 Å². The van der Waals surface area contributed by atoms with Gasteiger partial charge in [-0.05, 0) is 36.2 Å². The molecule has 0 aliphatic rings. The molecule has 1 aromatic carbocycles. The topological polar surface area (TPSA) is 27.8 Å². The lowest BCUT2D eigenvalue weighted by molar-refractivity contribution is -0.138. The first kappa shape index (κ1) is 12.5. The number of benzene rings is 1. The van der Waals surface area contributed by atoms with Gasteiger partial charge in [-0.15, -0.1) is 0 Å². The van der Waals surface area contributed by atoms with E-state index in [1.54, 1.807) is 18.5 Å². The predicted octanol–water partition coefficient (Wildman–Crippen LogP) is 3.95. The number of H-pyrrole nitrogens is 1. The molecule has 1 heterocycles. The molecule has 2 N–H and O–H groups in total. The summed E-state index contributed by atoms with van der Waals surface area (Å²) in [6, 6.07) is 6.13. The normalized spacial score (nSPS) is 11.6. The molecule has 0 fully saturated rings. The summed E-state index contributed by atoms with van der Waals surface area (Å²) in [6.07, 6.45) is -0.741. The van der Waals surface area contributed by atoms with E-state index >= 15 is 0 Å². The van der Waals surface area contributed by atoms with Gasteiger partial charge in [0.05, 0.1) is 5.56 Å². The average Bonchev–Trinajstić information content (AvgIpc) is 2.79. The minimum absolute atomic E-state index is 0.231. The van der Waals surface area contributed by atoms with E-state index in [-0.39, 0.29) is 5.56 Å². The van der Waals surface area contributed by atoms with Crippen LogP contribution in [-0.4, -0.2) is 4.98 Å². The van der Waals surface area contributed by atoms with Crippen LogP contribution in [0, 0.1) is 6.92 Å². The molecule has 0 saturated carbocycles. The van der Waals surface area contributed by atoms with Gasteiger partial charge in [-0.2, -0.15) is 13.2 Å². The molecule has 2 aromatic rings. The number of anilines is 1. The highest BCUT2D eigenvalue weighted by Crippen LogP contribution is 2.33. The van der Waals surface area contributed by atoms with E-state index in [9.17, 15) is 13.2 Å². The van der Waals surface area contributed by atoms with Crippen LogP contribution >= 0.6 is 0 Å². The summed E-state index contributed by atoms with van der Waals surface area (Å²) >= 11 is 0. The molecular weight excluding hydrogens is 241 g/mol. The van der Waals surface area contributed by atoms with Gasteiger partial charge >= 0.3 is 6.18 Å². The van der Waals surface area contributed by atoms with Gasteiger partial charge in [0.2, 0.25) is 0 Å². The van der Waals surface area contributed by atoms with Crippen molar-refractivity contribution in [3.63, 3.8) is 0 Å². The van der Waals surface area contributed by atoms with Crippen molar-refractivity contribution in [2.24, 2.45) is 0 Å². The maximum absolute atomic E-state index is 12.7. The number of aromatic nitrogens is 1. The van der Waals surface area contributed by atoms with Crippen LogP contribution in [0.2, 0.25) is 0 Å². The molecule has 0 radical (unpaired) electrons. The van der Waals surface area contributed by atoms with Crippen molar-refractivity contribution >= 4 is 5.69 Å². The van der Waals surface area contributed by atoms with Crippen molar-refractivity contribution in [3.8, 4) is 0 Å². The highest BCUT2D eigenvalue weighted by atomic mass is 19.4. The lowest BCUT2D eigenvalue weighted by Gasteiger charge is -2.13. The first-order chi connectivity index (χ1) is 8.47. The molecule has 2 nitrogen and oxygen atoms in total. The number of halogens is 3. The quantitative estimate of drug-likeness (QED) is 0.852. The van der Waals surface area contributed by atoms with Crippen LogP contribution in [0.4, 0.5) is 18.9 Å². The standard InChI is InChI=1S/C13H13F3N2/c1-9-2-3-11(6-12(9)13(14,15)16)18-8-10-4-5-17-7-10/h2-7,17-18H,8H2,1H3. The molecule has 96 valence electrons. The molecule has 0 amide bonds. The highest BCUT2D eigenvalue weighted by molar-refractivity contribution is 5.49. The fourth-order valence-corrected chi connectivity index (χ4v) is 1.71. The van der Waals surface area contributed by atoms with Gasteiger partial charge < -0.3 is 10.3 Å². The van der Waals surface area contributed by atoms with Crippen LogP contribution in [0.5, 0.6) is 0 Å². The first-order valence-corrected chi connectivity index (χ1v) is 5.50. The molecule has 1 aromatic heterocycles. The molecule has 0 atom stereocenters. The predicted molar refractivity (Wildman–Crippen MR) is 64.3 cm³/mol. The number of nitrogens with one attached hydrogen (secondary N) is 2. The van der Waals surface area contributed by atoms with Crippen LogP contribution in [0.1, 0.15) is 16.7 Å². The number of alkyl halides is 3. The number of aryl methyl sites for hydroxylation is 1. The van der Waals surface area contributed by atoms with Crippen molar-refractivity contribution in [1.29, 1.82) is 0 Å². The summed E-state index contributed by atoms with van der Waals surface area (Å²) in [4.78, 5) is 2.89. The first-order valence-electron chi connectivity index (χ1n) is 5.50. The van der Waals surface area contributed by atoms with E-state index < -0.39 is 11.7 Å². The van der Waals surface area contributed by atoms with Crippen LogP contribution in [-0.2, 0) is 12.7 Å². The smallest absolute Gasteiger partial charge is 0.381 e. The van der Waals surface area contributed by atoms with Crippen LogP contribution < -0.4 is 5.32 Å². The highest BCUT2D eigenvalue weighted by Gasteiger charge is 2.32. The van der Waals surface area contributed by atoms with Crippen molar-refractivity contribution in [3.05, 3.63) is 53.3 Å². The van der Waals surface area contributed by atoms with E-state index in [0.29, 0.717) is 12.2 Å². The van der Waals surface area contributed by atoms with E-state index in [1.807, 2.05) is 6.07 Å². The fourth-order valence-electron chi connectivity index (χ4n) is 1.71. The van der Waals surface area contributed by atoms with Gasteiger partial charge in [0.15, 0.2) is 0 Å². The number of hydrogen-bond donors (Lipinski definition) is 2. The van der Waals surface area contributed by atoms with Crippen molar-refractivity contribution < 1.29 is 13.2 Å². The number of aromatic amines is 1. The van der Waals surface area contributed by atoms with Crippen LogP contribution in [0.15, 0.2) is 36.7 Å². The molecular formula is C13H13F3N2. The number of rotatable bonds is 3. The van der Waals surface area contributed by atoms with E-state index in [2.05, 4.69) is 10.3 Å². The maximum atomic E-state index is 12.7. The zero-order valence-electron chi connectivity index (χ0n) is 9.81. The zero-order chi connectivity index (χ0) is 13.2. The van der Waals surface area contributed by atoms with Gasteiger partial charge in [0, 0.05) is 24.6 Å². The Bertz CT molecular complexity index is 516. The summed E-state index contributed by atoms with van der Waals surface area (Å²) in [6.45, 7) is 1.95. The lowest BCUT2D eigenvalue weighted by atomic mass is 10.1. The number of hydrogen-bond acceptors (Lipinski definition) is 1. The Hall–Kier alpha value is -1.91. The molecule has 0 saturated heterocycles. The minimum atomic E-state index is -4.31. The summed E-state index contributed by atoms with van der Waals surface area (Å²) in [7, 11) is 0. The van der Waals surface area contributed by atoms with Crippen molar-refractivity contribution in [1.82, 2.24) is 4.98 Å². The maximum Gasteiger partial charge on any atom is 0.416 e. The van der Waals surface area contributed by atoms with Gasteiger partial charge in [-0.25, -0.2) is 0 Å².